The number of nitrogens with zero attached hydrogens (tertiary/aromatic N) is 1. The third-order valence-corrected chi connectivity index (χ3v) is 3.39. The second-order valence-electron chi connectivity index (χ2n) is 6.04. The first kappa shape index (κ1) is 16.3. The molecule has 1 fully saturated rings. The van der Waals surface area contributed by atoms with Gasteiger partial charge in [0.15, 0.2) is 0 Å². The Labute approximate surface area is 118 Å². The molecule has 114 valence electrons. The summed E-state index contributed by atoms with van der Waals surface area (Å²) in [6.45, 7) is 5.91. The summed E-state index contributed by atoms with van der Waals surface area (Å²) in [7, 11) is 1.31. The number of ether oxygens (including phenoxy) is 1. The van der Waals surface area contributed by atoms with Crippen molar-refractivity contribution >= 4 is 18.0 Å². The molecule has 2 atom stereocenters. The number of esters is 1. The Bertz CT molecular complexity index is 402. The smallest absolute Gasteiger partial charge is 0.326 e. The van der Waals surface area contributed by atoms with Gasteiger partial charge in [-0.3, -0.25) is 4.79 Å². The molecular weight excluding hydrogens is 264 g/mol. The molecule has 1 rings (SSSR count). The van der Waals surface area contributed by atoms with Gasteiger partial charge >= 0.3 is 18.0 Å². The summed E-state index contributed by atoms with van der Waals surface area (Å²) in [4.78, 5) is 36.1. The average molecular weight is 286 g/mol. The maximum atomic E-state index is 12.1. The lowest BCUT2D eigenvalue weighted by Gasteiger charge is -2.29. The van der Waals surface area contributed by atoms with E-state index in [1.807, 2.05) is 0 Å². The van der Waals surface area contributed by atoms with Crippen molar-refractivity contribution in [1.82, 2.24) is 10.2 Å². The van der Waals surface area contributed by atoms with Crippen LogP contribution in [-0.2, 0) is 14.3 Å². The zero-order valence-electron chi connectivity index (χ0n) is 12.3. The molecule has 1 aliphatic rings. The summed E-state index contributed by atoms with van der Waals surface area (Å²) in [6, 6.07) is -1.44. The molecule has 2 N–H and O–H groups in total. The van der Waals surface area contributed by atoms with E-state index in [1.54, 1.807) is 20.8 Å². The first-order valence-corrected chi connectivity index (χ1v) is 6.53. The van der Waals surface area contributed by atoms with E-state index < -0.39 is 23.5 Å². The third kappa shape index (κ3) is 3.85. The minimum Gasteiger partial charge on any atom is -0.480 e. The Kier molecular flexibility index (Phi) is 4.97. The molecule has 0 aromatic heterocycles. The highest BCUT2D eigenvalue weighted by Crippen LogP contribution is 2.21. The van der Waals surface area contributed by atoms with E-state index >= 15 is 0 Å². The molecule has 1 aliphatic heterocycles. The van der Waals surface area contributed by atoms with Gasteiger partial charge in [-0.2, -0.15) is 0 Å². The fraction of sp³-hybridized carbons (Fsp3) is 0.769. The molecule has 1 saturated heterocycles. The lowest BCUT2D eigenvalue weighted by molar-refractivity contribution is -0.145. The lowest BCUT2D eigenvalue weighted by atomic mass is 9.87. The number of amides is 2. The Balaban J connectivity index is 2.64. The van der Waals surface area contributed by atoms with E-state index in [0.29, 0.717) is 13.0 Å². The molecule has 1 unspecified atom stereocenters. The number of nitrogens with one attached hydrogen (secondary N) is 1. The Morgan fingerprint density at radius 3 is 2.40 bits per heavy atom. The largest absolute Gasteiger partial charge is 0.480 e. The van der Waals surface area contributed by atoms with Gasteiger partial charge in [0, 0.05) is 13.1 Å². The molecule has 0 bridgehead atoms. The minimum absolute atomic E-state index is 0.259. The number of urea groups is 1. The highest BCUT2D eigenvalue weighted by molar-refractivity contribution is 5.84. The molecule has 20 heavy (non-hydrogen) atoms. The number of carbonyl (C=O) groups excluding carboxylic acids is 2. The first-order chi connectivity index (χ1) is 9.16. The number of rotatable bonds is 3. The molecule has 0 saturated carbocycles. The normalized spacial score (nSPS) is 20.4. The van der Waals surface area contributed by atoms with Crippen LogP contribution in [0.3, 0.4) is 0 Å². The third-order valence-electron chi connectivity index (χ3n) is 3.39. The molecule has 0 aliphatic carbocycles. The van der Waals surface area contributed by atoms with Gasteiger partial charge in [0.2, 0.25) is 0 Å². The Morgan fingerprint density at radius 1 is 1.35 bits per heavy atom. The van der Waals surface area contributed by atoms with Crippen molar-refractivity contribution in [2.24, 2.45) is 11.3 Å². The van der Waals surface area contributed by atoms with E-state index in [0.717, 1.165) is 0 Å². The van der Waals surface area contributed by atoms with Crippen LogP contribution < -0.4 is 5.32 Å². The van der Waals surface area contributed by atoms with Crippen LogP contribution in [0.25, 0.3) is 0 Å². The van der Waals surface area contributed by atoms with Crippen molar-refractivity contribution in [3.8, 4) is 0 Å². The minimum atomic E-state index is -1.07. The van der Waals surface area contributed by atoms with Gasteiger partial charge in [-0.25, -0.2) is 9.59 Å². The second-order valence-corrected chi connectivity index (χ2v) is 6.04. The number of aliphatic carboxylic acids is 1. The van der Waals surface area contributed by atoms with Crippen LogP contribution in [0.1, 0.15) is 27.2 Å². The topological polar surface area (TPSA) is 95.9 Å². The SMILES string of the molecule is COC(=O)C1CCN(C(=O)N[C@@H](C(=O)O)C(C)(C)C)C1. The maximum Gasteiger partial charge on any atom is 0.326 e. The molecule has 0 aromatic carbocycles. The van der Waals surface area contributed by atoms with Crippen LogP contribution >= 0.6 is 0 Å². The van der Waals surface area contributed by atoms with Gasteiger partial charge < -0.3 is 20.1 Å². The summed E-state index contributed by atoms with van der Waals surface area (Å²) in [5.74, 6) is -1.75. The number of carboxylic acids is 1. The van der Waals surface area contributed by atoms with Crippen molar-refractivity contribution in [2.45, 2.75) is 33.2 Å². The molecule has 7 heteroatoms. The summed E-state index contributed by atoms with van der Waals surface area (Å²) < 4.78 is 4.64. The van der Waals surface area contributed by atoms with Crippen molar-refractivity contribution < 1.29 is 24.2 Å². The van der Waals surface area contributed by atoms with E-state index in [-0.39, 0.29) is 18.4 Å². The fourth-order valence-corrected chi connectivity index (χ4v) is 2.17. The monoisotopic (exact) mass is 286 g/mol. The van der Waals surface area contributed by atoms with Gasteiger partial charge in [-0.15, -0.1) is 0 Å². The van der Waals surface area contributed by atoms with Crippen molar-refractivity contribution in [3.63, 3.8) is 0 Å². The molecule has 2 amide bonds. The van der Waals surface area contributed by atoms with E-state index in [9.17, 15) is 19.5 Å². The summed E-state index contributed by atoms with van der Waals surface area (Å²) in [5.41, 5.74) is -0.594. The van der Waals surface area contributed by atoms with Crippen LogP contribution in [0, 0.1) is 11.3 Å². The molecule has 0 spiro atoms. The van der Waals surface area contributed by atoms with Crippen LogP contribution in [0.4, 0.5) is 4.79 Å². The standard InChI is InChI=1S/C13H22N2O5/c1-13(2,3)9(10(16)17)14-12(19)15-6-5-8(7-15)11(18)20-4/h8-9H,5-7H2,1-4H3,(H,14,19)(H,16,17)/t8?,9-/m0/s1. The molecule has 0 radical (unpaired) electrons. The number of carbonyl (C=O) groups is 3. The summed E-state index contributed by atoms with van der Waals surface area (Å²) in [6.07, 6.45) is 0.535. The predicted molar refractivity (Wildman–Crippen MR) is 71.1 cm³/mol. The number of hydrogen-bond acceptors (Lipinski definition) is 4. The van der Waals surface area contributed by atoms with Crippen molar-refractivity contribution in [2.75, 3.05) is 20.2 Å². The lowest BCUT2D eigenvalue weighted by Crippen LogP contribution is -2.53. The zero-order chi connectivity index (χ0) is 15.5. The van der Waals surface area contributed by atoms with Gasteiger partial charge in [0.05, 0.1) is 13.0 Å². The molecule has 1 heterocycles. The quantitative estimate of drug-likeness (QED) is 0.744. The number of likely N-dealkylation sites (tertiary alicyclic amines) is 1. The van der Waals surface area contributed by atoms with Crippen LogP contribution in [0.5, 0.6) is 0 Å². The van der Waals surface area contributed by atoms with Crippen LogP contribution in [0.2, 0.25) is 0 Å². The molecular formula is C13H22N2O5. The average Bonchev–Trinajstić information content (AvgIpc) is 2.82. The molecule has 7 nitrogen and oxygen atoms in total. The maximum absolute atomic E-state index is 12.1. The number of methoxy groups -OCH3 is 1. The highest BCUT2D eigenvalue weighted by Gasteiger charge is 2.36. The second kappa shape index (κ2) is 6.11. The van der Waals surface area contributed by atoms with E-state index in [4.69, 9.17) is 0 Å². The van der Waals surface area contributed by atoms with Gasteiger partial charge in [-0.1, -0.05) is 20.8 Å². The van der Waals surface area contributed by atoms with Crippen LogP contribution in [0.15, 0.2) is 0 Å². The van der Waals surface area contributed by atoms with Crippen molar-refractivity contribution in [3.05, 3.63) is 0 Å². The van der Waals surface area contributed by atoms with E-state index in [1.165, 1.54) is 12.0 Å². The van der Waals surface area contributed by atoms with E-state index in [2.05, 4.69) is 10.1 Å². The number of hydrogen-bond donors (Lipinski definition) is 2. The van der Waals surface area contributed by atoms with Gasteiger partial charge in [0.1, 0.15) is 6.04 Å². The van der Waals surface area contributed by atoms with Crippen LogP contribution in [-0.4, -0.2) is 54.2 Å². The highest BCUT2D eigenvalue weighted by atomic mass is 16.5. The Morgan fingerprint density at radius 2 is 1.95 bits per heavy atom. The Hall–Kier alpha value is -1.79. The fourth-order valence-electron chi connectivity index (χ4n) is 2.17. The van der Waals surface area contributed by atoms with Gasteiger partial charge in [-0.05, 0) is 11.8 Å². The molecule has 0 aromatic rings. The first-order valence-electron chi connectivity index (χ1n) is 6.53. The van der Waals surface area contributed by atoms with Crippen molar-refractivity contribution in [1.29, 1.82) is 0 Å². The zero-order valence-corrected chi connectivity index (χ0v) is 12.3. The predicted octanol–water partition coefficient (Wildman–Crippen LogP) is 0.690. The summed E-state index contributed by atoms with van der Waals surface area (Å²) >= 11 is 0. The summed E-state index contributed by atoms with van der Waals surface area (Å²) in [5, 5.41) is 11.7. The van der Waals surface area contributed by atoms with Gasteiger partial charge in [0.25, 0.3) is 0 Å². The number of carboxylic acid groups (broad SMARTS) is 1.